The van der Waals surface area contributed by atoms with Crippen LogP contribution in [0, 0.1) is 3.57 Å². The number of amides is 1. The second-order valence-corrected chi connectivity index (χ2v) is 6.35. The number of hydrogen-bond acceptors (Lipinski definition) is 2. The molecule has 0 aromatic heterocycles. The van der Waals surface area contributed by atoms with Gasteiger partial charge < -0.3 is 4.74 Å². The zero-order chi connectivity index (χ0) is 13.8. The molecule has 0 aliphatic rings. The van der Waals surface area contributed by atoms with E-state index in [1.165, 1.54) is 5.56 Å². The third-order valence-corrected chi connectivity index (χ3v) is 3.10. The maximum atomic E-state index is 11.7. The van der Waals surface area contributed by atoms with Gasteiger partial charge in [-0.2, -0.15) is 0 Å². The fraction of sp³-hybridized carbons (Fsp3) is 0.500. The van der Waals surface area contributed by atoms with Gasteiger partial charge in [-0.1, -0.05) is 19.4 Å². The van der Waals surface area contributed by atoms with Crippen molar-refractivity contribution in [1.82, 2.24) is 0 Å². The van der Waals surface area contributed by atoms with Crippen molar-refractivity contribution in [2.24, 2.45) is 0 Å². The first kappa shape index (κ1) is 15.3. The van der Waals surface area contributed by atoms with Crippen molar-refractivity contribution in [3.63, 3.8) is 0 Å². The fourth-order valence-electron chi connectivity index (χ4n) is 1.52. The lowest BCUT2D eigenvalue weighted by atomic mass is 10.1. The first-order valence-corrected chi connectivity index (χ1v) is 7.18. The van der Waals surface area contributed by atoms with E-state index in [2.05, 4.69) is 40.9 Å². The third-order valence-electron chi connectivity index (χ3n) is 2.21. The first-order valence-electron chi connectivity index (χ1n) is 6.10. The summed E-state index contributed by atoms with van der Waals surface area (Å²) in [6.07, 6.45) is 1.76. The molecule has 0 saturated carbocycles. The Morgan fingerprint density at radius 3 is 2.56 bits per heavy atom. The molecule has 0 fully saturated rings. The molecule has 0 radical (unpaired) electrons. The van der Waals surface area contributed by atoms with Gasteiger partial charge in [0.15, 0.2) is 0 Å². The maximum Gasteiger partial charge on any atom is 0.412 e. The highest BCUT2D eigenvalue weighted by Crippen LogP contribution is 2.21. The van der Waals surface area contributed by atoms with Crippen LogP contribution in [0.4, 0.5) is 10.5 Å². The van der Waals surface area contributed by atoms with Crippen LogP contribution >= 0.6 is 22.6 Å². The van der Waals surface area contributed by atoms with Crippen LogP contribution in [0.25, 0.3) is 0 Å². The Balaban J connectivity index is 2.71. The normalized spacial score (nSPS) is 11.2. The van der Waals surface area contributed by atoms with Gasteiger partial charge in [-0.3, -0.25) is 5.32 Å². The summed E-state index contributed by atoms with van der Waals surface area (Å²) in [7, 11) is 0. The average Bonchev–Trinajstić information content (AvgIpc) is 2.20. The van der Waals surface area contributed by atoms with Crippen LogP contribution in [0.2, 0.25) is 0 Å². The molecule has 18 heavy (non-hydrogen) atoms. The summed E-state index contributed by atoms with van der Waals surface area (Å²) in [5.41, 5.74) is 1.61. The molecule has 0 unspecified atom stereocenters. The lowest BCUT2D eigenvalue weighted by Crippen LogP contribution is -2.27. The predicted octanol–water partition coefficient (Wildman–Crippen LogP) is 4.59. The van der Waals surface area contributed by atoms with E-state index in [-0.39, 0.29) is 0 Å². The van der Waals surface area contributed by atoms with E-state index in [9.17, 15) is 4.79 Å². The molecule has 0 spiro atoms. The van der Waals surface area contributed by atoms with Crippen LogP contribution in [0.3, 0.4) is 0 Å². The standard InChI is InChI=1S/C14H20INO2/c1-5-6-10-7-8-12(11(15)9-10)16-13(17)18-14(2,3)4/h7-9H,5-6H2,1-4H3,(H,16,17). The number of carbonyl (C=O) groups is 1. The van der Waals surface area contributed by atoms with E-state index in [0.29, 0.717) is 0 Å². The van der Waals surface area contributed by atoms with Crippen LogP contribution in [0.5, 0.6) is 0 Å². The number of hydrogen-bond donors (Lipinski definition) is 1. The molecule has 0 aliphatic carbocycles. The van der Waals surface area contributed by atoms with Crippen LogP contribution in [0.1, 0.15) is 39.7 Å². The molecule has 1 aromatic carbocycles. The van der Waals surface area contributed by atoms with Gasteiger partial charge in [0.2, 0.25) is 0 Å². The Morgan fingerprint density at radius 1 is 1.39 bits per heavy atom. The van der Waals surface area contributed by atoms with Gasteiger partial charge in [0.1, 0.15) is 5.60 Å². The van der Waals surface area contributed by atoms with Crippen LogP contribution in [-0.2, 0) is 11.2 Å². The van der Waals surface area contributed by atoms with E-state index >= 15 is 0 Å². The second-order valence-electron chi connectivity index (χ2n) is 5.19. The van der Waals surface area contributed by atoms with Crippen LogP contribution in [0.15, 0.2) is 18.2 Å². The van der Waals surface area contributed by atoms with Gasteiger partial charge in [-0.05, 0) is 67.5 Å². The topological polar surface area (TPSA) is 38.3 Å². The number of ether oxygens (including phenoxy) is 1. The molecular formula is C14H20INO2. The minimum atomic E-state index is -0.475. The summed E-state index contributed by atoms with van der Waals surface area (Å²) in [5, 5.41) is 2.77. The Bertz CT molecular complexity index is 424. The molecule has 1 aromatic rings. The molecule has 1 rings (SSSR count). The minimum absolute atomic E-state index is 0.413. The summed E-state index contributed by atoms with van der Waals surface area (Å²) in [4.78, 5) is 11.7. The highest BCUT2D eigenvalue weighted by atomic mass is 127. The van der Waals surface area contributed by atoms with Gasteiger partial charge in [0.05, 0.1) is 5.69 Å². The fourth-order valence-corrected chi connectivity index (χ4v) is 2.23. The van der Waals surface area contributed by atoms with E-state index in [1.54, 1.807) is 0 Å². The molecule has 0 aliphatic heterocycles. The van der Waals surface area contributed by atoms with Crippen LogP contribution in [-0.4, -0.2) is 11.7 Å². The number of aryl methyl sites for hydroxylation is 1. The Kier molecular flexibility index (Phi) is 5.44. The molecule has 100 valence electrons. The van der Waals surface area contributed by atoms with E-state index in [1.807, 2.05) is 32.9 Å². The molecule has 0 saturated heterocycles. The molecular weight excluding hydrogens is 341 g/mol. The number of carbonyl (C=O) groups excluding carboxylic acids is 1. The Morgan fingerprint density at radius 2 is 2.06 bits per heavy atom. The maximum absolute atomic E-state index is 11.7. The highest BCUT2D eigenvalue weighted by molar-refractivity contribution is 14.1. The highest BCUT2D eigenvalue weighted by Gasteiger charge is 2.16. The molecule has 0 atom stereocenters. The van der Waals surface area contributed by atoms with Gasteiger partial charge >= 0.3 is 6.09 Å². The number of benzene rings is 1. The second kappa shape index (κ2) is 6.41. The van der Waals surface area contributed by atoms with Crippen molar-refractivity contribution in [3.8, 4) is 0 Å². The first-order chi connectivity index (χ1) is 8.31. The zero-order valence-corrected chi connectivity index (χ0v) is 13.5. The summed E-state index contributed by atoms with van der Waals surface area (Å²) in [6, 6.07) is 6.06. The Labute approximate surface area is 122 Å². The lowest BCUT2D eigenvalue weighted by Gasteiger charge is -2.20. The SMILES string of the molecule is CCCc1ccc(NC(=O)OC(C)(C)C)c(I)c1. The van der Waals surface area contributed by atoms with Gasteiger partial charge in [-0.25, -0.2) is 4.79 Å². The number of rotatable bonds is 3. The molecule has 0 bridgehead atoms. The lowest BCUT2D eigenvalue weighted by molar-refractivity contribution is 0.0636. The van der Waals surface area contributed by atoms with Crippen molar-refractivity contribution in [2.75, 3.05) is 5.32 Å². The van der Waals surface area contributed by atoms with E-state index < -0.39 is 11.7 Å². The zero-order valence-electron chi connectivity index (χ0n) is 11.3. The van der Waals surface area contributed by atoms with Crippen molar-refractivity contribution < 1.29 is 9.53 Å². The van der Waals surface area contributed by atoms with Crippen molar-refractivity contribution in [2.45, 2.75) is 46.1 Å². The van der Waals surface area contributed by atoms with Gasteiger partial charge in [0, 0.05) is 3.57 Å². The molecule has 0 heterocycles. The summed E-state index contributed by atoms with van der Waals surface area (Å²) >= 11 is 2.23. The predicted molar refractivity (Wildman–Crippen MR) is 83.0 cm³/mol. The molecule has 1 N–H and O–H groups in total. The number of nitrogens with one attached hydrogen (secondary N) is 1. The van der Waals surface area contributed by atoms with Crippen molar-refractivity contribution in [1.29, 1.82) is 0 Å². The monoisotopic (exact) mass is 361 g/mol. The average molecular weight is 361 g/mol. The third kappa shape index (κ3) is 5.25. The van der Waals surface area contributed by atoms with Crippen molar-refractivity contribution in [3.05, 3.63) is 27.3 Å². The Hall–Kier alpha value is -0.780. The smallest absolute Gasteiger partial charge is 0.412 e. The molecule has 3 nitrogen and oxygen atoms in total. The summed E-state index contributed by atoms with van der Waals surface area (Å²) in [5.74, 6) is 0. The summed E-state index contributed by atoms with van der Waals surface area (Å²) in [6.45, 7) is 7.70. The van der Waals surface area contributed by atoms with E-state index in [4.69, 9.17) is 4.74 Å². The largest absolute Gasteiger partial charge is 0.444 e. The van der Waals surface area contributed by atoms with Gasteiger partial charge in [0.25, 0.3) is 0 Å². The van der Waals surface area contributed by atoms with Crippen LogP contribution < -0.4 is 5.32 Å². The van der Waals surface area contributed by atoms with Crippen molar-refractivity contribution >= 4 is 34.4 Å². The molecule has 1 amide bonds. The van der Waals surface area contributed by atoms with E-state index in [0.717, 1.165) is 22.1 Å². The quantitative estimate of drug-likeness (QED) is 0.800. The van der Waals surface area contributed by atoms with Gasteiger partial charge in [-0.15, -0.1) is 0 Å². The summed E-state index contributed by atoms with van der Waals surface area (Å²) < 4.78 is 6.25. The minimum Gasteiger partial charge on any atom is -0.444 e. The molecule has 4 heteroatoms. The number of halogens is 1. The number of anilines is 1.